The fourth-order valence-electron chi connectivity index (χ4n) is 4.39. The lowest BCUT2D eigenvalue weighted by Crippen LogP contribution is -2.36. The summed E-state index contributed by atoms with van der Waals surface area (Å²) in [6.45, 7) is 1.09. The summed E-state index contributed by atoms with van der Waals surface area (Å²) in [7, 11) is 0. The van der Waals surface area contributed by atoms with Crippen molar-refractivity contribution in [3.8, 4) is 16.9 Å². The van der Waals surface area contributed by atoms with Gasteiger partial charge in [0.05, 0.1) is 17.5 Å². The van der Waals surface area contributed by atoms with Crippen LogP contribution in [0, 0.1) is 0 Å². The first-order valence-electron chi connectivity index (χ1n) is 11.7. The summed E-state index contributed by atoms with van der Waals surface area (Å²) in [6, 6.07) is 20.6. The average molecular weight is 522 g/mol. The van der Waals surface area contributed by atoms with Gasteiger partial charge in [0.1, 0.15) is 5.75 Å². The van der Waals surface area contributed by atoms with Crippen LogP contribution in [-0.4, -0.2) is 23.3 Å². The number of fused-ring (bicyclic) bond motifs is 1. The second-order valence-electron chi connectivity index (χ2n) is 8.76. The van der Waals surface area contributed by atoms with E-state index >= 15 is 0 Å². The zero-order chi connectivity index (χ0) is 26.0. The third-order valence-electron chi connectivity index (χ3n) is 6.33. The molecule has 0 fully saturated rings. The van der Waals surface area contributed by atoms with E-state index in [2.05, 4.69) is 0 Å². The van der Waals surface area contributed by atoms with Crippen molar-refractivity contribution in [2.45, 2.75) is 25.6 Å². The number of amides is 1. The van der Waals surface area contributed by atoms with Gasteiger partial charge in [-0.25, -0.2) is 4.79 Å². The second-order valence-corrected chi connectivity index (χ2v) is 9.79. The molecule has 0 spiro atoms. The minimum Gasteiger partial charge on any atom is -0.423 e. The van der Waals surface area contributed by atoms with Gasteiger partial charge in [-0.2, -0.15) is 13.2 Å². The molecule has 0 atom stereocenters. The average Bonchev–Trinajstić information content (AvgIpc) is 3.41. The number of ether oxygens (including phenoxy) is 1. The minimum absolute atomic E-state index is 0.0866. The van der Waals surface area contributed by atoms with E-state index in [9.17, 15) is 22.8 Å². The van der Waals surface area contributed by atoms with Gasteiger partial charge in [-0.3, -0.25) is 4.79 Å². The lowest BCUT2D eigenvalue weighted by atomic mass is 9.98. The summed E-state index contributed by atoms with van der Waals surface area (Å²) in [4.78, 5) is 28.6. The predicted molar refractivity (Wildman–Crippen MR) is 135 cm³/mol. The first-order chi connectivity index (χ1) is 17.8. The number of rotatable bonds is 5. The summed E-state index contributed by atoms with van der Waals surface area (Å²) in [6.07, 6.45) is -3.39. The number of nitrogens with zero attached hydrogens (tertiary/aromatic N) is 1. The Morgan fingerprint density at radius 2 is 1.70 bits per heavy atom. The fraction of sp³-hybridized carbons (Fsp3) is 0.172. The van der Waals surface area contributed by atoms with Crippen molar-refractivity contribution < 1.29 is 27.5 Å². The van der Waals surface area contributed by atoms with Crippen LogP contribution in [-0.2, 0) is 30.4 Å². The van der Waals surface area contributed by atoms with E-state index in [1.54, 1.807) is 41.7 Å². The molecule has 0 aliphatic carbocycles. The smallest absolute Gasteiger partial charge is 0.416 e. The number of carbonyl (C=O) groups is 2. The molecule has 0 saturated carbocycles. The van der Waals surface area contributed by atoms with Crippen LogP contribution in [0.4, 0.5) is 13.2 Å². The summed E-state index contributed by atoms with van der Waals surface area (Å²) in [5, 5.41) is 1.96. The molecule has 1 aromatic heterocycles. The second kappa shape index (κ2) is 10.2. The number of carbonyl (C=O) groups excluding carboxylic acids is 2. The van der Waals surface area contributed by atoms with Gasteiger partial charge in [-0.05, 0) is 70.5 Å². The van der Waals surface area contributed by atoms with Gasteiger partial charge in [0, 0.05) is 18.0 Å². The first-order valence-corrected chi connectivity index (χ1v) is 12.6. The number of esters is 1. The molecule has 37 heavy (non-hydrogen) atoms. The molecule has 1 aliphatic rings. The Bertz CT molecular complexity index is 1430. The Labute approximate surface area is 215 Å². The Morgan fingerprint density at radius 3 is 2.43 bits per heavy atom. The van der Waals surface area contributed by atoms with E-state index in [1.807, 2.05) is 34.5 Å². The van der Waals surface area contributed by atoms with Crippen molar-refractivity contribution in [1.29, 1.82) is 0 Å². The molecule has 0 N–H and O–H groups in total. The molecular formula is C29H22F3NO3S. The molecule has 8 heteroatoms. The maximum absolute atomic E-state index is 13.0. The van der Waals surface area contributed by atoms with E-state index in [0.29, 0.717) is 42.8 Å². The van der Waals surface area contributed by atoms with Gasteiger partial charge in [0.25, 0.3) is 0 Å². The van der Waals surface area contributed by atoms with Crippen molar-refractivity contribution in [2.24, 2.45) is 0 Å². The van der Waals surface area contributed by atoms with Crippen molar-refractivity contribution >= 4 is 23.2 Å². The molecule has 0 unspecified atom stereocenters. The van der Waals surface area contributed by atoms with Crippen LogP contribution in [0.5, 0.6) is 5.75 Å². The van der Waals surface area contributed by atoms with Crippen LogP contribution in [0.3, 0.4) is 0 Å². The predicted octanol–water partition coefficient (Wildman–Crippen LogP) is 6.78. The number of benzene rings is 3. The standard InChI is InChI=1S/C29H22F3NO3S/c30-29(31,32)22-10-7-19(8-11-22)25-5-1-2-6-26(25)28(35)36-23-12-9-21-18-33(14-13-20(21)16-23)27(34)17-24-4-3-15-37-24/h1-12,15-16H,13-14,17-18H2. The van der Waals surface area contributed by atoms with Crippen molar-refractivity contribution in [3.05, 3.63) is 111 Å². The van der Waals surface area contributed by atoms with Crippen LogP contribution < -0.4 is 4.74 Å². The van der Waals surface area contributed by atoms with Crippen LogP contribution in [0.15, 0.2) is 84.2 Å². The normalized spacial score (nSPS) is 13.2. The molecule has 2 heterocycles. The maximum Gasteiger partial charge on any atom is 0.416 e. The summed E-state index contributed by atoms with van der Waals surface area (Å²) in [5.41, 5.74) is 2.50. The van der Waals surface area contributed by atoms with Gasteiger partial charge < -0.3 is 9.64 Å². The van der Waals surface area contributed by atoms with Gasteiger partial charge in [-0.1, -0.05) is 42.5 Å². The molecule has 0 saturated heterocycles. The largest absolute Gasteiger partial charge is 0.423 e. The van der Waals surface area contributed by atoms with E-state index < -0.39 is 17.7 Å². The molecule has 4 aromatic rings. The van der Waals surface area contributed by atoms with Crippen LogP contribution >= 0.6 is 11.3 Å². The van der Waals surface area contributed by atoms with Crippen molar-refractivity contribution in [3.63, 3.8) is 0 Å². The monoisotopic (exact) mass is 521 g/mol. The molecule has 0 bridgehead atoms. The quantitative estimate of drug-likeness (QED) is 0.215. The van der Waals surface area contributed by atoms with E-state index in [4.69, 9.17) is 4.74 Å². The highest BCUT2D eigenvalue weighted by atomic mass is 32.1. The minimum atomic E-state index is -4.43. The zero-order valence-corrected chi connectivity index (χ0v) is 20.4. The maximum atomic E-state index is 13.0. The molecule has 1 amide bonds. The molecular weight excluding hydrogens is 499 g/mol. The third kappa shape index (κ3) is 5.59. The Hall–Kier alpha value is -3.91. The SMILES string of the molecule is O=C(Oc1ccc2c(c1)CCN(C(=O)Cc1cccs1)C2)c1ccccc1-c1ccc(C(F)(F)F)cc1. The summed E-state index contributed by atoms with van der Waals surface area (Å²) >= 11 is 1.57. The molecule has 1 aliphatic heterocycles. The molecule has 4 nitrogen and oxygen atoms in total. The number of thiophene rings is 1. The van der Waals surface area contributed by atoms with Crippen LogP contribution in [0.25, 0.3) is 11.1 Å². The lowest BCUT2D eigenvalue weighted by molar-refractivity contribution is -0.137. The number of hydrogen-bond donors (Lipinski definition) is 0. The zero-order valence-electron chi connectivity index (χ0n) is 19.6. The van der Waals surface area contributed by atoms with Gasteiger partial charge in [0.15, 0.2) is 0 Å². The fourth-order valence-corrected chi connectivity index (χ4v) is 5.09. The molecule has 5 rings (SSSR count). The number of hydrogen-bond acceptors (Lipinski definition) is 4. The first kappa shape index (κ1) is 24.8. The molecule has 3 aromatic carbocycles. The molecule has 188 valence electrons. The number of alkyl halides is 3. The van der Waals surface area contributed by atoms with E-state index in [-0.39, 0.29) is 11.5 Å². The van der Waals surface area contributed by atoms with Crippen LogP contribution in [0.2, 0.25) is 0 Å². The highest BCUT2D eigenvalue weighted by Crippen LogP contribution is 2.32. The number of halogens is 3. The van der Waals surface area contributed by atoms with Crippen molar-refractivity contribution in [2.75, 3.05) is 6.54 Å². The topological polar surface area (TPSA) is 46.6 Å². The Balaban J connectivity index is 1.29. The van der Waals surface area contributed by atoms with Gasteiger partial charge >= 0.3 is 12.1 Å². The lowest BCUT2D eigenvalue weighted by Gasteiger charge is -2.29. The van der Waals surface area contributed by atoms with E-state index in [1.165, 1.54) is 12.1 Å². The molecule has 0 radical (unpaired) electrons. The highest BCUT2D eigenvalue weighted by molar-refractivity contribution is 7.10. The Morgan fingerprint density at radius 1 is 0.919 bits per heavy atom. The summed E-state index contributed by atoms with van der Waals surface area (Å²) < 4.78 is 44.5. The summed E-state index contributed by atoms with van der Waals surface area (Å²) in [5.74, 6) is -0.133. The van der Waals surface area contributed by atoms with E-state index in [0.717, 1.165) is 28.1 Å². The Kier molecular flexibility index (Phi) is 6.84. The third-order valence-corrected chi connectivity index (χ3v) is 7.21. The van der Waals surface area contributed by atoms with Gasteiger partial charge in [-0.15, -0.1) is 11.3 Å². The van der Waals surface area contributed by atoms with Crippen molar-refractivity contribution in [1.82, 2.24) is 4.90 Å². The van der Waals surface area contributed by atoms with Crippen LogP contribution in [0.1, 0.15) is 31.9 Å². The van der Waals surface area contributed by atoms with Gasteiger partial charge in [0.2, 0.25) is 5.91 Å². The highest BCUT2D eigenvalue weighted by Gasteiger charge is 2.30.